The number of likely N-dealkylation sites (tertiary alicyclic amines) is 1. The van der Waals surface area contributed by atoms with Crippen LogP contribution >= 0.6 is 11.6 Å². The maximum Gasteiger partial charge on any atom is 0.251 e. The minimum Gasteiger partial charge on any atom is -0.492 e. The van der Waals surface area contributed by atoms with Crippen LogP contribution in [0.4, 0.5) is 0 Å². The highest BCUT2D eigenvalue weighted by atomic mass is 35.5. The van der Waals surface area contributed by atoms with Crippen molar-refractivity contribution in [2.24, 2.45) is 0 Å². The molecule has 0 bridgehead atoms. The Morgan fingerprint density at radius 1 is 1.15 bits per heavy atom. The Morgan fingerprint density at radius 2 is 1.81 bits per heavy atom. The van der Waals surface area contributed by atoms with E-state index in [0.717, 1.165) is 38.2 Å². The van der Waals surface area contributed by atoms with Crippen LogP contribution in [0.3, 0.4) is 0 Å². The molecule has 140 valence electrons. The summed E-state index contributed by atoms with van der Waals surface area (Å²) < 4.78 is 5.74. The molecule has 2 aromatic carbocycles. The predicted octanol–water partition coefficient (Wildman–Crippen LogP) is 3.48. The maximum absolute atomic E-state index is 12.3. The molecule has 0 aliphatic carbocycles. The molecular formula is C21H22ClN3O2. The smallest absolute Gasteiger partial charge is 0.251 e. The molecule has 1 aliphatic heterocycles. The van der Waals surface area contributed by atoms with Crippen molar-refractivity contribution in [3.05, 3.63) is 64.7 Å². The number of nitriles is 1. The largest absolute Gasteiger partial charge is 0.492 e. The van der Waals surface area contributed by atoms with Crippen LogP contribution in [0, 0.1) is 11.3 Å². The van der Waals surface area contributed by atoms with Gasteiger partial charge in [-0.1, -0.05) is 11.6 Å². The molecule has 1 heterocycles. The number of nitrogens with one attached hydrogen (secondary N) is 1. The van der Waals surface area contributed by atoms with Crippen molar-refractivity contribution in [3.63, 3.8) is 0 Å². The number of benzene rings is 2. The first-order valence-corrected chi connectivity index (χ1v) is 9.43. The van der Waals surface area contributed by atoms with E-state index in [1.165, 1.54) is 0 Å². The van der Waals surface area contributed by atoms with Crippen molar-refractivity contribution in [1.82, 2.24) is 10.2 Å². The molecule has 1 fully saturated rings. The normalized spacial score (nSPS) is 15.1. The van der Waals surface area contributed by atoms with Gasteiger partial charge in [-0.3, -0.25) is 9.69 Å². The summed E-state index contributed by atoms with van der Waals surface area (Å²) >= 11 is 5.86. The van der Waals surface area contributed by atoms with Crippen molar-refractivity contribution in [3.8, 4) is 11.8 Å². The average Bonchev–Trinajstić information content (AvgIpc) is 2.71. The molecule has 27 heavy (non-hydrogen) atoms. The number of halogens is 1. The fraction of sp³-hybridized carbons (Fsp3) is 0.333. The van der Waals surface area contributed by atoms with Crippen molar-refractivity contribution < 1.29 is 9.53 Å². The lowest BCUT2D eigenvalue weighted by Crippen LogP contribution is -2.45. The lowest BCUT2D eigenvalue weighted by atomic mass is 10.0. The second-order valence-electron chi connectivity index (χ2n) is 6.58. The minimum absolute atomic E-state index is 0.0796. The van der Waals surface area contributed by atoms with Gasteiger partial charge in [0.05, 0.1) is 11.6 Å². The molecule has 2 aromatic rings. The number of carbonyl (C=O) groups is 1. The van der Waals surface area contributed by atoms with E-state index in [4.69, 9.17) is 21.6 Å². The van der Waals surface area contributed by atoms with Gasteiger partial charge in [0.1, 0.15) is 12.4 Å². The van der Waals surface area contributed by atoms with E-state index in [1.807, 2.05) is 24.3 Å². The summed E-state index contributed by atoms with van der Waals surface area (Å²) in [4.78, 5) is 14.7. The van der Waals surface area contributed by atoms with Gasteiger partial charge in [-0.2, -0.15) is 5.26 Å². The first-order valence-electron chi connectivity index (χ1n) is 9.06. The zero-order valence-corrected chi connectivity index (χ0v) is 15.8. The zero-order valence-electron chi connectivity index (χ0n) is 15.0. The van der Waals surface area contributed by atoms with Gasteiger partial charge in [-0.15, -0.1) is 0 Å². The van der Waals surface area contributed by atoms with Gasteiger partial charge >= 0.3 is 0 Å². The van der Waals surface area contributed by atoms with Gasteiger partial charge < -0.3 is 10.1 Å². The van der Waals surface area contributed by atoms with Crippen molar-refractivity contribution in [1.29, 1.82) is 5.26 Å². The highest BCUT2D eigenvalue weighted by molar-refractivity contribution is 6.30. The monoisotopic (exact) mass is 383 g/mol. The molecule has 0 spiro atoms. The minimum atomic E-state index is -0.0796. The third-order valence-corrected chi connectivity index (χ3v) is 4.94. The first kappa shape index (κ1) is 19.2. The van der Waals surface area contributed by atoms with Crippen molar-refractivity contribution in [2.75, 3.05) is 26.2 Å². The van der Waals surface area contributed by atoms with E-state index < -0.39 is 0 Å². The Hall–Kier alpha value is -2.55. The number of ether oxygens (including phenoxy) is 1. The first-order chi connectivity index (χ1) is 13.1. The molecule has 1 amide bonds. The molecule has 6 heteroatoms. The number of nitrogens with zero attached hydrogens (tertiary/aromatic N) is 2. The van der Waals surface area contributed by atoms with Crippen LogP contribution in [0.25, 0.3) is 0 Å². The summed E-state index contributed by atoms with van der Waals surface area (Å²) in [6.07, 6.45) is 1.84. The summed E-state index contributed by atoms with van der Waals surface area (Å²) in [5.74, 6) is 0.743. The predicted molar refractivity (Wildman–Crippen MR) is 105 cm³/mol. The zero-order chi connectivity index (χ0) is 19.1. The van der Waals surface area contributed by atoms with Gasteiger partial charge in [-0.25, -0.2) is 0 Å². The Balaban J connectivity index is 1.37. The van der Waals surface area contributed by atoms with Gasteiger partial charge in [0.2, 0.25) is 0 Å². The number of hydrogen-bond acceptors (Lipinski definition) is 4. The Kier molecular flexibility index (Phi) is 6.69. The van der Waals surface area contributed by atoms with E-state index in [9.17, 15) is 4.79 Å². The third kappa shape index (κ3) is 5.72. The summed E-state index contributed by atoms with van der Waals surface area (Å²) in [6.45, 7) is 3.35. The number of carbonyl (C=O) groups excluding carboxylic acids is 1. The molecule has 0 saturated carbocycles. The van der Waals surface area contributed by atoms with E-state index in [0.29, 0.717) is 22.8 Å². The molecule has 0 atom stereocenters. The number of piperidine rings is 1. The second-order valence-corrected chi connectivity index (χ2v) is 7.02. The molecule has 1 aliphatic rings. The topological polar surface area (TPSA) is 65.4 Å². The van der Waals surface area contributed by atoms with Crippen LogP contribution < -0.4 is 10.1 Å². The lowest BCUT2D eigenvalue weighted by molar-refractivity contribution is 0.0905. The molecule has 0 unspecified atom stereocenters. The number of hydrogen-bond donors (Lipinski definition) is 1. The summed E-state index contributed by atoms with van der Waals surface area (Å²) in [7, 11) is 0. The van der Waals surface area contributed by atoms with Crippen LogP contribution in [0.2, 0.25) is 5.02 Å². The van der Waals surface area contributed by atoms with E-state index in [-0.39, 0.29) is 11.9 Å². The number of rotatable bonds is 6. The van der Waals surface area contributed by atoms with Crippen molar-refractivity contribution in [2.45, 2.75) is 18.9 Å². The maximum atomic E-state index is 12.3. The summed E-state index contributed by atoms with van der Waals surface area (Å²) in [5, 5.41) is 12.6. The Morgan fingerprint density at radius 3 is 2.44 bits per heavy atom. The Labute approximate surface area is 164 Å². The van der Waals surface area contributed by atoms with E-state index >= 15 is 0 Å². The van der Waals surface area contributed by atoms with Crippen LogP contribution in [0.15, 0.2) is 48.5 Å². The molecule has 1 saturated heterocycles. The van der Waals surface area contributed by atoms with Crippen LogP contribution in [0.5, 0.6) is 5.75 Å². The molecular weight excluding hydrogens is 362 g/mol. The average molecular weight is 384 g/mol. The fourth-order valence-electron chi connectivity index (χ4n) is 3.09. The van der Waals surface area contributed by atoms with Gasteiger partial charge in [-0.05, 0) is 61.4 Å². The van der Waals surface area contributed by atoms with Crippen LogP contribution in [-0.2, 0) is 0 Å². The summed E-state index contributed by atoms with van der Waals surface area (Å²) in [6, 6.07) is 16.3. The van der Waals surface area contributed by atoms with Gasteiger partial charge in [0.15, 0.2) is 0 Å². The van der Waals surface area contributed by atoms with Gasteiger partial charge in [0.25, 0.3) is 5.91 Å². The second kappa shape index (κ2) is 9.40. The quantitative estimate of drug-likeness (QED) is 0.829. The molecule has 1 N–H and O–H groups in total. The van der Waals surface area contributed by atoms with Crippen LogP contribution in [-0.4, -0.2) is 43.1 Å². The number of amides is 1. The molecule has 0 radical (unpaired) electrons. The Bertz CT molecular complexity index is 792. The molecule has 3 rings (SSSR count). The van der Waals surface area contributed by atoms with E-state index in [2.05, 4.69) is 16.3 Å². The highest BCUT2D eigenvalue weighted by Crippen LogP contribution is 2.16. The molecule has 5 nitrogen and oxygen atoms in total. The highest BCUT2D eigenvalue weighted by Gasteiger charge is 2.21. The SMILES string of the molecule is N#Cc1ccc(C(=O)NC2CCN(CCOc3ccc(Cl)cc3)CC2)cc1. The standard InChI is InChI=1S/C21H22ClN3O2/c22-18-5-7-20(8-6-18)27-14-13-25-11-9-19(10-12-25)24-21(26)17-3-1-16(15-23)2-4-17/h1-8,19H,9-14H2,(H,24,26). The van der Waals surface area contributed by atoms with Gasteiger partial charge in [0, 0.05) is 36.3 Å². The third-order valence-electron chi connectivity index (χ3n) is 4.69. The fourth-order valence-corrected chi connectivity index (χ4v) is 3.22. The summed E-state index contributed by atoms with van der Waals surface area (Å²) in [5.41, 5.74) is 1.15. The van der Waals surface area contributed by atoms with E-state index in [1.54, 1.807) is 24.3 Å². The molecule has 0 aromatic heterocycles. The van der Waals surface area contributed by atoms with Crippen LogP contribution in [0.1, 0.15) is 28.8 Å². The van der Waals surface area contributed by atoms with Crippen molar-refractivity contribution >= 4 is 17.5 Å². The lowest BCUT2D eigenvalue weighted by Gasteiger charge is -2.32.